The van der Waals surface area contributed by atoms with Gasteiger partial charge >= 0.3 is 0 Å². The number of amides is 1. The zero-order valence-electron chi connectivity index (χ0n) is 16.8. The summed E-state index contributed by atoms with van der Waals surface area (Å²) in [6, 6.07) is 19.0. The summed E-state index contributed by atoms with van der Waals surface area (Å²) in [7, 11) is -2.23. The first-order valence-corrected chi connectivity index (χ1v) is 11.0. The van der Waals surface area contributed by atoms with Gasteiger partial charge in [-0.3, -0.25) is 9.52 Å². The first-order chi connectivity index (χ1) is 14.4. The number of nitrogens with zero attached hydrogens (tertiary/aromatic N) is 1. The fourth-order valence-electron chi connectivity index (χ4n) is 3.57. The Balaban J connectivity index is 1.55. The van der Waals surface area contributed by atoms with Crippen LogP contribution in [0.1, 0.15) is 21.5 Å². The van der Waals surface area contributed by atoms with Gasteiger partial charge in [0, 0.05) is 17.8 Å². The molecule has 6 nitrogen and oxygen atoms in total. The van der Waals surface area contributed by atoms with Crippen LogP contribution in [-0.2, 0) is 16.4 Å². The van der Waals surface area contributed by atoms with Crippen LogP contribution in [0.4, 0.5) is 11.4 Å². The lowest BCUT2D eigenvalue weighted by Gasteiger charge is -2.18. The van der Waals surface area contributed by atoms with Crippen molar-refractivity contribution in [1.82, 2.24) is 0 Å². The number of sulfonamides is 1. The van der Waals surface area contributed by atoms with Crippen LogP contribution in [0.25, 0.3) is 0 Å². The number of aryl methyl sites for hydroxylation is 1. The standard InChI is InChI=1S/C23H22N2O4S/c1-16-15-18(23(26)25-14-13-17-5-3-4-6-22(17)25)7-12-21(16)24-30(27,28)20-10-8-19(29-2)9-11-20/h3-12,15,24H,13-14H2,1-2H3. The minimum Gasteiger partial charge on any atom is -0.497 e. The Morgan fingerprint density at radius 3 is 2.47 bits per heavy atom. The SMILES string of the molecule is COc1ccc(S(=O)(=O)Nc2ccc(C(=O)N3CCc4ccccc43)cc2C)cc1. The number of nitrogens with one attached hydrogen (secondary N) is 1. The molecule has 0 radical (unpaired) electrons. The highest BCUT2D eigenvalue weighted by Crippen LogP contribution is 2.30. The number of benzene rings is 3. The molecule has 1 amide bonds. The molecule has 1 aliphatic rings. The number of ether oxygens (including phenoxy) is 1. The lowest BCUT2D eigenvalue weighted by Crippen LogP contribution is -2.29. The summed E-state index contributed by atoms with van der Waals surface area (Å²) in [5.41, 5.74) is 3.72. The molecule has 0 aliphatic carbocycles. The minimum absolute atomic E-state index is 0.0902. The van der Waals surface area contributed by atoms with Crippen molar-refractivity contribution in [2.45, 2.75) is 18.2 Å². The molecule has 1 N–H and O–H groups in total. The Labute approximate surface area is 176 Å². The molecule has 0 unspecified atom stereocenters. The third-order valence-corrected chi connectivity index (χ3v) is 6.60. The van der Waals surface area contributed by atoms with Crippen LogP contribution in [-0.4, -0.2) is 28.0 Å². The highest BCUT2D eigenvalue weighted by atomic mass is 32.2. The smallest absolute Gasteiger partial charge is 0.261 e. The number of methoxy groups -OCH3 is 1. The molecule has 0 fully saturated rings. The Morgan fingerprint density at radius 1 is 1.03 bits per heavy atom. The summed E-state index contributed by atoms with van der Waals surface area (Å²) in [5, 5.41) is 0. The van der Waals surface area contributed by atoms with Crippen molar-refractivity contribution in [2.24, 2.45) is 0 Å². The molecule has 0 saturated carbocycles. The highest BCUT2D eigenvalue weighted by molar-refractivity contribution is 7.92. The average Bonchev–Trinajstić information content (AvgIpc) is 3.19. The van der Waals surface area contributed by atoms with E-state index in [0.717, 1.165) is 17.7 Å². The normalized spacial score (nSPS) is 13.1. The van der Waals surface area contributed by atoms with Crippen molar-refractivity contribution >= 4 is 27.3 Å². The lowest BCUT2D eigenvalue weighted by molar-refractivity contribution is 0.0989. The van der Waals surface area contributed by atoms with Crippen LogP contribution in [0.5, 0.6) is 5.75 Å². The summed E-state index contributed by atoms with van der Waals surface area (Å²) < 4.78 is 33.0. The van der Waals surface area contributed by atoms with Gasteiger partial charge in [0.25, 0.3) is 15.9 Å². The number of fused-ring (bicyclic) bond motifs is 1. The van der Waals surface area contributed by atoms with E-state index in [9.17, 15) is 13.2 Å². The molecule has 0 aromatic heterocycles. The van der Waals surface area contributed by atoms with E-state index in [1.165, 1.54) is 19.2 Å². The number of carbonyl (C=O) groups excluding carboxylic acids is 1. The largest absolute Gasteiger partial charge is 0.497 e. The zero-order valence-corrected chi connectivity index (χ0v) is 17.6. The van der Waals surface area contributed by atoms with Gasteiger partial charge in [0.05, 0.1) is 17.7 Å². The van der Waals surface area contributed by atoms with Gasteiger partial charge in [0.15, 0.2) is 0 Å². The Morgan fingerprint density at radius 2 is 1.77 bits per heavy atom. The van der Waals surface area contributed by atoms with E-state index in [-0.39, 0.29) is 10.8 Å². The van der Waals surface area contributed by atoms with E-state index < -0.39 is 10.0 Å². The van der Waals surface area contributed by atoms with Gasteiger partial charge in [0.1, 0.15) is 5.75 Å². The summed E-state index contributed by atoms with van der Waals surface area (Å²) in [5.74, 6) is 0.490. The first kappa shape index (κ1) is 20.0. The van der Waals surface area contributed by atoms with Crippen LogP contribution < -0.4 is 14.4 Å². The molecule has 0 atom stereocenters. The Bertz CT molecular complexity index is 1200. The van der Waals surface area contributed by atoms with Crippen molar-refractivity contribution in [3.8, 4) is 5.75 Å². The summed E-state index contributed by atoms with van der Waals surface area (Å²) in [6.45, 7) is 2.42. The van der Waals surface area contributed by atoms with Gasteiger partial charge in [-0.1, -0.05) is 18.2 Å². The second-order valence-corrected chi connectivity index (χ2v) is 8.83. The van der Waals surface area contributed by atoms with Crippen molar-refractivity contribution in [3.05, 3.63) is 83.4 Å². The highest BCUT2D eigenvalue weighted by Gasteiger charge is 2.25. The first-order valence-electron chi connectivity index (χ1n) is 9.56. The molecular weight excluding hydrogens is 400 g/mol. The quantitative estimate of drug-likeness (QED) is 0.674. The Hall–Kier alpha value is -3.32. The van der Waals surface area contributed by atoms with E-state index >= 15 is 0 Å². The predicted octanol–water partition coefficient (Wildman–Crippen LogP) is 4.01. The summed E-state index contributed by atoms with van der Waals surface area (Å²) >= 11 is 0. The van der Waals surface area contributed by atoms with Crippen molar-refractivity contribution in [2.75, 3.05) is 23.3 Å². The second kappa shape index (κ2) is 7.84. The number of hydrogen-bond donors (Lipinski definition) is 1. The molecule has 3 aromatic rings. The molecule has 0 spiro atoms. The molecule has 154 valence electrons. The molecule has 0 bridgehead atoms. The van der Waals surface area contributed by atoms with E-state index in [0.29, 0.717) is 29.1 Å². The number of carbonyl (C=O) groups is 1. The summed E-state index contributed by atoms with van der Waals surface area (Å²) in [4.78, 5) is 14.9. The molecule has 4 rings (SSSR count). The van der Waals surface area contributed by atoms with Gasteiger partial charge in [-0.2, -0.15) is 0 Å². The molecule has 1 heterocycles. The van der Waals surface area contributed by atoms with Crippen molar-refractivity contribution in [1.29, 1.82) is 0 Å². The maximum absolute atomic E-state index is 13.0. The lowest BCUT2D eigenvalue weighted by atomic mass is 10.1. The number of hydrogen-bond acceptors (Lipinski definition) is 4. The average molecular weight is 423 g/mol. The molecule has 7 heteroatoms. The third kappa shape index (κ3) is 3.76. The predicted molar refractivity (Wildman–Crippen MR) is 117 cm³/mol. The number of anilines is 2. The van der Waals surface area contributed by atoms with E-state index in [1.54, 1.807) is 42.2 Å². The van der Waals surface area contributed by atoms with Crippen LogP contribution >= 0.6 is 0 Å². The van der Waals surface area contributed by atoms with Crippen LogP contribution in [0.15, 0.2) is 71.6 Å². The minimum atomic E-state index is -3.75. The monoisotopic (exact) mass is 422 g/mol. The van der Waals surface area contributed by atoms with Crippen molar-refractivity contribution in [3.63, 3.8) is 0 Å². The molecule has 30 heavy (non-hydrogen) atoms. The van der Waals surface area contributed by atoms with E-state index in [1.807, 2.05) is 24.3 Å². The van der Waals surface area contributed by atoms with E-state index in [2.05, 4.69) is 4.72 Å². The third-order valence-electron chi connectivity index (χ3n) is 5.22. The number of para-hydroxylation sites is 1. The molecular formula is C23H22N2O4S. The van der Waals surface area contributed by atoms with Crippen molar-refractivity contribution < 1.29 is 17.9 Å². The molecule has 0 saturated heterocycles. The van der Waals surface area contributed by atoms with Crippen LogP contribution in [0, 0.1) is 6.92 Å². The van der Waals surface area contributed by atoms with Gasteiger partial charge in [-0.05, 0) is 73.0 Å². The van der Waals surface area contributed by atoms with E-state index in [4.69, 9.17) is 4.74 Å². The maximum Gasteiger partial charge on any atom is 0.261 e. The zero-order chi connectivity index (χ0) is 21.3. The molecule has 3 aromatic carbocycles. The fraction of sp³-hybridized carbons (Fsp3) is 0.174. The second-order valence-electron chi connectivity index (χ2n) is 7.15. The maximum atomic E-state index is 13.0. The van der Waals surface area contributed by atoms with Gasteiger partial charge in [0.2, 0.25) is 0 Å². The fourth-order valence-corrected chi connectivity index (χ4v) is 4.71. The molecule has 1 aliphatic heterocycles. The van der Waals surface area contributed by atoms with Crippen LogP contribution in [0.2, 0.25) is 0 Å². The van der Waals surface area contributed by atoms with Crippen LogP contribution in [0.3, 0.4) is 0 Å². The number of rotatable bonds is 5. The summed E-state index contributed by atoms with van der Waals surface area (Å²) in [6.07, 6.45) is 0.834. The topological polar surface area (TPSA) is 75.7 Å². The Kier molecular flexibility index (Phi) is 5.22. The van der Waals surface area contributed by atoms with Gasteiger partial charge < -0.3 is 9.64 Å². The van der Waals surface area contributed by atoms with Gasteiger partial charge in [-0.15, -0.1) is 0 Å². The van der Waals surface area contributed by atoms with Gasteiger partial charge in [-0.25, -0.2) is 8.42 Å².